The quantitative estimate of drug-likeness (QED) is 0.868. The molecule has 2 rings (SSSR count). The summed E-state index contributed by atoms with van der Waals surface area (Å²) in [6.45, 7) is 0.955. The average Bonchev–Trinajstić information content (AvgIpc) is 2.46. The van der Waals surface area contributed by atoms with Gasteiger partial charge in [0.1, 0.15) is 0 Å². The van der Waals surface area contributed by atoms with Gasteiger partial charge in [0.2, 0.25) is 0 Å². The number of rotatable bonds is 2. The van der Waals surface area contributed by atoms with E-state index >= 15 is 0 Å². The van der Waals surface area contributed by atoms with E-state index in [0.717, 1.165) is 11.0 Å². The van der Waals surface area contributed by atoms with Crippen LogP contribution < -0.4 is 5.32 Å². The lowest BCUT2D eigenvalue weighted by atomic mass is 10.2. The molecule has 0 aliphatic heterocycles. The maximum absolute atomic E-state index is 3.47. The van der Waals surface area contributed by atoms with Gasteiger partial charge < -0.3 is 5.32 Å². The van der Waals surface area contributed by atoms with Gasteiger partial charge in [0.25, 0.3) is 0 Å². The van der Waals surface area contributed by atoms with Crippen LogP contribution in [0.25, 0.3) is 10.1 Å². The molecule has 0 aliphatic rings. The third-order valence-corrected chi connectivity index (χ3v) is 3.49. The molecule has 0 unspecified atom stereocenters. The average molecular weight is 256 g/mol. The summed E-state index contributed by atoms with van der Waals surface area (Å²) in [7, 11) is 1.97. The fraction of sp³-hybridized carbons (Fsp3) is 0.200. The molecular formula is C10H10BrNS. The fourth-order valence-electron chi connectivity index (χ4n) is 1.33. The molecule has 68 valence electrons. The number of nitrogens with one attached hydrogen (secondary N) is 1. The maximum atomic E-state index is 3.47. The van der Waals surface area contributed by atoms with Crippen molar-refractivity contribution < 1.29 is 0 Å². The van der Waals surface area contributed by atoms with Gasteiger partial charge in [-0.25, -0.2) is 0 Å². The van der Waals surface area contributed by atoms with Crippen LogP contribution in [0.2, 0.25) is 0 Å². The van der Waals surface area contributed by atoms with Crippen LogP contribution in [0, 0.1) is 0 Å². The highest BCUT2D eigenvalue weighted by atomic mass is 79.9. The number of hydrogen-bond donors (Lipinski definition) is 1. The third-order valence-electron chi connectivity index (χ3n) is 1.88. The van der Waals surface area contributed by atoms with E-state index in [1.165, 1.54) is 15.0 Å². The van der Waals surface area contributed by atoms with E-state index in [9.17, 15) is 0 Å². The Bertz CT molecular complexity index is 422. The molecule has 1 aromatic heterocycles. The summed E-state index contributed by atoms with van der Waals surface area (Å²) in [6.07, 6.45) is 0. The van der Waals surface area contributed by atoms with Gasteiger partial charge in [0.15, 0.2) is 0 Å². The van der Waals surface area contributed by atoms with Crippen LogP contribution in [0.3, 0.4) is 0 Å². The van der Waals surface area contributed by atoms with E-state index in [2.05, 4.69) is 45.5 Å². The van der Waals surface area contributed by atoms with Crippen molar-refractivity contribution in [1.29, 1.82) is 0 Å². The highest BCUT2D eigenvalue weighted by Crippen LogP contribution is 2.27. The summed E-state index contributed by atoms with van der Waals surface area (Å²) in [5, 5.41) is 4.48. The van der Waals surface area contributed by atoms with Crippen molar-refractivity contribution in [2.75, 3.05) is 7.05 Å². The Labute approximate surface area is 89.9 Å². The highest BCUT2D eigenvalue weighted by molar-refractivity contribution is 9.10. The largest absolute Gasteiger partial charge is 0.315 e. The Morgan fingerprint density at radius 3 is 3.00 bits per heavy atom. The molecule has 0 atom stereocenters. The van der Waals surface area contributed by atoms with Crippen LogP contribution in [-0.2, 0) is 6.54 Å². The molecule has 1 heterocycles. The Morgan fingerprint density at radius 2 is 2.23 bits per heavy atom. The van der Waals surface area contributed by atoms with E-state index in [1.807, 2.05) is 18.4 Å². The van der Waals surface area contributed by atoms with E-state index in [0.29, 0.717) is 0 Å². The molecule has 3 heteroatoms. The second kappa shape index (κ2) is 3.78. The highest BCUT2D eigenvalue weighted by Gasteiger charge is 2.00. The number of fused-ring (bicyclic) bond motifs is 1. The smallest absolute Gasteiger partial charge is 0.0346 e. The molecule has 13 heavy (non-hydrogen) atoms. The van der Waals surface area contributed by atoms with Crippen LogP contribution in [0.5, 0.6) is 0 Å². The van der Waals surface area contributed by atoms with Gasteiger partial charge in [0.05, 0.1) is 0 Å². The zero-order valence-electron chi connectivity index (χ0n) is 7.30. The second-order valence-electron chi connectivity index (χ2n) is 2.93. The number of hydrogen-bond acceptors (Lipinski definition) is 2. The third kappa shape index (κ3) is 1.93. The molecule has 2 aromatic rings. The summed E-state index contributed by atoms with van der Waals surface area (Å²) >= 11 is 5.32. The maximum Gasteiger partial charge on any atom is 0.0346 e. The molecule has 0 amide bonds. The molecule has 0 aliphatic carbocycles. The van der Waals surface area contributed by atoms with Crippen molar-refractivity contribution >= 4 is 37.4 Å². The molecule has 1 aromatic carbocycles. The normalized spacial score (nSPS) is 10.9. The lowest BCUT2D eigenvalue weighted by Gasteiger charge is -1.89. The lowest BCUT2D eigenvalue weighted by molar-refractivity contribution is 0.832. The Hall–Kier alpha value is -0.380. The molecule has 0 spiro atoms. The van der Waals surface area contributed by atoms with E-state index in [-0.39, 0.29) is 0 Å². The van der Waals surface area contributed by atoms with Gasteiger partial charge in [-0.15, -0.1) is 11.3 Å². The first kappa shape index (κ1) is 9.19. The topological polar surface area (TPSA) is 12.0 Å². The van der Waals surface area contributed by atoms with Crippen LogP contribution in [-0.4, -0.2) is 7.05 Å². The molecule has 0 saturated carbocycles. The van der Waals surface area contributed by atoms with Crippen LogP contribution in [0.4, 0.5) is 0 Å². The van der Waals surface area contributed by atoms with Gasteiger partial charge in [-0.1, -0.05) is 15.9 Å². The van der Waals surface area contributed by atoms with Crippen LogP contribution in [0.15, 0.2) is 28.7 Å². The fourth-order valence-corrected chi connectivity index (χ4v) is 2.77. The van der Waals surface area contributed by atoms with Gasteiger partial charge in [-0.05, 0) is 36.7 Å². The van der Waals surface area contributed by atoms with Gasteiger partial charge in [0, 0.05) is 20.6 Å². The standard InChI is InChI=1S/C10H10BrNS/c1-12-6-9-5-7-4-8(11)2-3-10(7)13-9/h2-5,12H,6H2,1H3. The summed E-state index contributed by atoms with van der Waals surface area (Å²) in [5.41, 5.74) is 0. The molecule has 0 saturated heterocycles. The Kier molecular flexibility index (Phi) is 2.67. The van der Waals surface area contributed by atoms with Crippen molar-refractivity contribution in [3.8, 4) is 0 Å². The summed E-state index contributed by atoms with van der Waals surface area (Å²) in [6, 6.07) is 8.64. The van der Waals surface area contributed by atoms with Crippen LogP contribution >= 0.6 is 27.3 Å². The Balaban J connectivity index is 2.49. The first-order chi connectivity index (χ1) is 6.29. The Morgan fingerprint density at radius 1 is 1.38 bits per heavy atom. The lowest BCUT2D eigenvalue weighted by Crippen LogP contribution is -2.02. The minimum Gasteiger partial charge on any atom is -0.315 e. The summed E-state index contributed by atoms with van der Waals surface area (Å²) in [5.74, 6) is 0. The monoisotopic (exact) mass is 255 g/mol. The molecule has 0 fully saturated rings. The van der Waals surface area contributed by atoms with E-state index in [4.69, 9.17) is 0 Å². The predicted octanol–water partition coefficient (Wildman–Crippen LogP) is 3.38. The zero-order valence-corrected chi connectivity index (χ0v) is 9.71. The number of thiophene rings is 1. The van der Waals surface area contributed by atoms with Crippen molar-refractivity contribution in [2.45, 2.75) is 6.54 Å². The van der Waals surface area contributed by atoms with Crippen molar-refractivity contribution in [2.24, 2.45) is 0 Å². The van der Waals surface area contributed by atoms with Crippen molar-refractivity contribution in [1.82, 2.24) is 5.32 Å². The first-order valence-corrected chi connectivity index (χ1v) is 5.73. The van der Waals surface area contributed by atoms with E-state index in [1.54, 1.807) is 0 Å². The number of benzene rings is 1. The van der Waals surface area contributed by atoms with Gasteiger partial charge >= 0.3 is 0 Å². The SMILES string of the molecule is CNCc1cc2cc(Br)ccc2s1. The summed E-state index contributed by atoms with van der Waals surface area (Å²) in [4.78, 5) is 1.38. The second-order valence-corrected chi connectivity index (χ2v) is 5.01. The molecule has 1 N–H and O–H groups in total. The number of halogens is 1. The zero-order chi connectivity index (χ0) is 9.26. The predicted molar refractivity (Wildman–Crippen MR) is 62.3 cm³/mol. The van der Waals surface area contributed by atoms with Crippen molar-refractivity contribution in [3.05, 3.63) is 33.6 Å². The van der Waals surface area contributed by atoms with Gasteiger partial charge in [-0.3, -0.25) is 0 Å². The molecule has 0 bridgehead atoms. The van der Waals surface area contributed by atoms with Crippen molar-refractivity contribution in [3.63, 3.8) is 0 Å². The first-order valence-electron chi connectivity index (χ1n) is 4.12. The van der Waals surface area contributed by atoms with Gasteiger partial charge in [-0.2, -0.15) is 0 Å². The molecular weight excluding hydrogens is 246 g/mol. The van der Waals surface area contributed by atoms with E-state index < -0.39 is 0 Å². The summed E-state index contributed by atoms with van der Waals surface area (Å²) < 4.78 is 2.50. The minimum atomic E-state index is 0.955. The minimum absolute atomic E-state index is 0.955. The van der Waals surface area contributed by atoms with Crippen LogP contribution in [0.1, 0.15) is 4.88 Å². The molecule has 0 radical (unpaired) electrons. The molecule has 1 nitrogen and oxygen atoms in total.